The van der Waals surface area contributed by atoms with Gasteiger partial charge in [-0.3, -0.25) is 9.59 Å². The summed E-state index contributed by atoms with van der Waals surface area (Å²) in [5, 5.41) is 5.75. The highest BCUT2D eigenvalue weighted by Crippen LogP contribution is 2.21. The highest BCUT2D eigenvalue weighted by molar-refractivity contribution is 6.04. The molecule has 154 valence electrons. The number of carbonyl (C=O) groups is 2. The Kier molecular flexibility index (Phi) is 7.22. The molecule has 3 aromatic rings. The van der Waals surface area contributed by atoms with E-state index in [4.69, 9.17) is 4.74 Å². The fourth-order valence-electron chi connectivity index (χ4n) is 3.04. The molecule has 0 aliphatic carbocycles. The van der Waals surface area contributed by atoms with Gasteiger partial charge in [-0.05, 0) is 42.7 Å². The normalized spacial score (nSPS) is 11.4. The van der Waals surface area contributed by atoms with Crippen LogP contribution in [0.25, 0.3) is 0 Å². The summed E-state index contributed by atoms with van der Waals surface area (Å²) in [6, 6.07) is 24.2. The van der Waals surface area contributed by atoms with Gasteiger partial charge in [0.1, 0.15) is 5.75 Å². The molecular weight excluding hydrogens is 376 g/mol. The zero-order valence-corrected chi connectivity index (χ0v) is 17.2. The van der Waals surface area contributed by atoms with Gasteiger partial charge in [0.2, 0.25) is 0 Å². The van der Waals surface area contributed by atoms with Crippen LogP contribution < -0.4 is 15.4 Å². The number of aryl methyl sites for hydroxylation is 1. The van der Waals surface area contributed by atoms with Crippen molar-refractivity contribution < 1.29 is 14.3 Å². The summed E-state index contributed by atoms with van der Waals surface area (Å²) in [5.74, 6) is 0.139. The summed E-state index contributed by atoms with van der Waals surface area (Å²) in [6.45, 7) is 4.24. The molecule has 2 N–H and O–H groups in total. The van der Waals surface area contributed by atoms with Crippen LogP contribution in [0.4, 0.5) is 5.69 Å². The zero-order chi connectivity index (χ0) is 21.3. The topological polar surface area (TPSA) is 67.4 Å². The van der Waals surface area contributed by atoms with E-state index in [1.807, 2.05) is 68.4 Å². The van der Waals surface area contributed by atoms with Crippen LogP contribution in [0.15, 0.2) is 78.9 Å². The summed E-state index contributed by atoms with van der Waals surface area (Å²) in [7, 11) is 0. The molecule has 0 fully saturated rings. The minimum atomic E-state index is -0.661. The minimum absolute atomic E-state index is 0.248. The van der Waals surface area contributed by atoms with E-state index in [0.717, 1.165) is 11.1 Å². The van der Waals surface area contributed by atoms with Crippen molar-refractivity contribution in [2.75, 3.05) is 5.32 Å². The van der Waals surface area contributed by atoms with Gasteiger partial charge >= 0.3 is 0 Å². The molecule has 2 amide bonds. The molecular formula is C25H26N2O3. The molecule has 0 saturated carbocycles. The molecule has 30 heavy (non-hydrogen) atoms. The molecule has 3 aromatic carbocycles. The lowest BCUT2D eigenvalue weighted by atomic mass is 10.1. The Hall–Kier alpha value is -3.60. The molecule has 0 aliphatic heterocycles. The molecule has 5 heteroatoms. The number of nitrogens with one attached hydrogen (secondary N) is 2. The second-order valence-corrected chi connectivity index (χ2v) is 6.98. The molecule has 0 aliphatic rings. The van der Waals surface area contributed by atoms with Crippen LogP contribution in [0, 0.1) is 6.92 Å². The number of hydrogen-bond donors (Lipinski definition) is 2. The predicted molar refractivity (Wildman–Crippen MR) is 119 cm³/mol. The van der Waals surface area contributed by atoms with Gasteiger partial charge in [-0.2, -0.15) is 0 Å². The molecule has 0 heterocycles. The van der Waals surface area contributed by atoms with Crippen LogP contribution in [0.1, 0.15) is 34.8 Å². The Bertz CT molecular complexity index is 1000. The zero-order valence-electron chi connectivity index (χ0n) is 17.2. The average Bonchev–Trinajstić information content (AvgIpc) is 2.78. The van der Waals surface area contributed by atoms with Gasteiger partial charge in [-0.1, -0.05) is 67.6 Å². The molecule has 1 atom stereocenters. The van der Waals surface area contributed by atoms with Crippen molar-refractivity contribution in [3.63, 3.8) is 0 Å². The van der Waals surface area contributed by atoms with E-state index < -0.39 is 6.10 Å². The number of carbonyl (C=O) groups excluding carboxylic acids is 2. The molecule has 3 rings (SSSR count). The van der Waals surface area contributed by atoms with E-state index >= 15 is 0 Å². The van der Waals surface area contributed by atoms with Crippen LogP contribution >= 0.6 is 0 Å². The minimum Gasteiger partial charge on any atom is -0.480 e. The van der Waals surface area contributed by atoms with Gasteiger partial charge in [0.15, 0.2) is 6.10 Å². The quantitative estimate of drug-likeness (QED) is 0.573. The third-order valence-corrected chi connectivity index (χ3v) is 4.75. The van der Waals surface area contributed by atoms with Crippen LogP contribution in [0.2, 0.25) is 0 Å². The van der Waals surface area contributed by atoms with Crippen molar-refractivity contribution in [1.82, 2.24) is 5.32 Å². The van der Waals surface area contributed by atoms with Gasteiger partial charge in [0, 0.05) is 6.54 Å². The molecule has 5 nitrogen and oxygen atoms in total. The second kappa shape index (κ2) is 10.3. The number of para-hydroxylation sites is 2. The first-order chi connectivity index (χ1) is 14.6. The van der Waals surface area contributed by atoms with E-state index in [1.54, 1.807) is 24.3 Å². The molecule has 0 bridgehead atoms. The summed E-state index contributed by atoms with van der Waals surface area (Å²) >= 11 is 0. The van der Waals surface area contributed by atoms with Crippen molar-refractivity contribution in [3.8, 4) is 5.75 Å². The molecule has 0 spiro atoms. The second-order valence-electron chi connectivity index (χ2n) is 6.98. The Morgan fingerprint density at radius 1 is 0.900 bits per heavy atom. The van der Waals surface area contributed by atoms with E-state index in [2.05, 4.69) is 10.6 Å². The number of amides is 2. The number of hydrogen-bond acceptors (Lipinski definition) is 3. The van der Waals surface area contributed by atoms with Crippen molar-refractivity contribution in [2.24, 2.45) is 0 Å². The van der Waals surface area contributed by atoms with E-state index in [0.29, 0.717) is 30.0 Å². The van der Waals surface area contributed by atoms with Crippen molar-refractivity contribution in [2.45, 2.75) is 32.9 Å². The summed E-state index contributed by atoms with van der Waals surface area (Å²) in [5.41, 5.74) is 2.84. The Morgan fingerprint density at radius 2 is 1.57 bits per heavy atom. The lowest BCUT2D eigenvalue weighted by Crippen LogP contribution is -2.33. The standard InChI is InChI=1S/C25H26N2O3/c1-3-22(30-23-16-10-7-11-18(23)2)25(29)27-21-15-9-8-14-20(21)24(28)26-17-19-12-5-4-6-13-19/h4-16,22H,3,17H2,1-2H3,(H,26,28)(H,27,29)/t22-/m1/s1. The van der Waals surface area contributed by atoms with E-state index in [-0.39, 0.29) is 11.8 Å². The van der Waals surface area contributed by atoms with Gasteiger partial charge in [-0.25, -0.2) is 0 Å². The maximum atomic E-state index is 12.8. The first kappa shape index (κ1) is 21.1. The first-order valence-electron chi connectivity index (χ1n) is 10.0. The Balaban J connectivity index is 1.69. The molecule has 0 unspecified atom stereocenters. The average molecular weight is 402 g/mol. The van der Waals surface area contributed by atoms with Crippen molar-refractivity contribution in [3.05, 3.63) is 95.6 Å². The Morgan fingerprint density at radius 3 is 2.30 bits per heavy atom. The largest absolute Gasteiger partial charge is 0.480 e. The van der Waals surface area contributed by atoms with E-state index in [1.165, 1.54) is 0 Å². The first-order valence-corrected chi connectivity index (χ1v) is 10.0. The lowest BCUT2D eigenvalue weighted by Gasteiger charge is -2.19. The fraction of sp³-hybridized carbons (Fsp3) is 0.200. The smallest absolute Gasteiger partial charge is 0.265 e. The van der Waals surface area contributed by atoms with Crippen LogP contribution in [0.5, 0.6) is 5.75 Å². The monoisotopic (exact) mass is 402 g/mol. The number of rotatable bonds is 8. The van der Waals surface area contributed by atoms with Gasteiger partial charge in [0.25, 0.3) is 11.8 Å². The summed E-state index contributed by atoms with van der Waals surface area (Å²) in [4.78, 5) is 25.5. The third-order valence-electron chi connectivity index (χ3n) is 4.75. The van der Waals surface area contributed by atoms with Gasteiger partial charge < -0.3 is 15.4 Å². The van der Waals surface area contributed by atoms with Crippen molar-refractivity contribution >= 4 is 17.5 Å². The van der Waals surface area contributed by atoms with Gasteiger partial charge in [-0.15, -0.1) is 0 Å². The molecule has 0 radical (unpaired) electrons. The third kappa shape index (κ3) is 5.47. The van der Waals surface area contributed by atoms with Crippen LogP contribution in [0.3, 0.4) is 0 Å². The van der Waals surface area contributed by atoms with Crippen LogP contribution in [-0.2, 0) is 11.3 Å². The molecule has 0 saturated heterocycles. The van der Waals surface area contributed by atoms with Crippen molar-refractivity contribution in [1.29, 1.82) is 0 Å². The molecule has 0 aromatic heterocycles. The number of anilines is 1. The number of benzene rings is 3. The maximum absolute atomic E-state index is 12.8. The predicted octanol–water partition coefficient (Wildman–Crippen LogP) is 4.72. The highest BCUT2D eigenvalue weighted by atomic mass is 16.5. The number of ether oxygens (including phenoxy) is 1. The summed E-state index contributed by atoms with van der Waals surface area (Å²) < 4.78 is 5.92. The van der Waals surface area contributed by atoms with E-state index in [9.17, 15) is 9.59 Å². The summed E-state index contributed by atoms with van der Waals surface area (Å²) in [6.07, 6.45) is -0.158. The maximum Gasteiger partial charge on any atom is 0.265 e. The van der Waals surface area contributed by atoms with Gasteiger partial charge in [0.05, 0.1) is 11.3 Å². The highest BCUT2D eigenvalue weighted by Gasteiger charge is 2.21. The van der Waals surface area contributed by atoms with Crippen LogP contribution in [-0.4, -0.2) is 17.9 Å². The SMILES string of the molecule is CC[C@@H](Oc1ccccc1C)C(=O)Nc1ccccc1C(=O)NCc1ccccc1. The fourth-order valence-corrected chi connectivity index (χ4v) is 3.04. The lowest BCUT2D eigenvalue weighted by molar-refractivity contribution is -0.122. The Labute approximate surface area is 177 Å².